The molecule has 0 radical (unpaired) electrons. The van der Waals surface area contributed by atoms with Gasteiger partial charge in [-0.1, -0.05) is 20.3 Å². The van der Waals surface area contributed by atoms with E-state index in [1.165, 1.54) is 44.9 Å². The maximum absolute atomic E-state index is 10.9. The molecule has 4 aliphatic carbocycles. The zero-order valence-electron chi connectivity index (χ0n) is 16.9. The molecule has 144 valence electrons. The molecule has 2 N–H and O–H groups in total. The van der Waals surface area contributed by atoms with Crippen LogP contribution in [0.3, 0.4) is 0 Å². The quantitative estimate of drug-likeness (QED) is 0.735. The Balaban J connectivity index is 1.56. The van der Waals surface area contributed by atoms with Crippen LogP contribution in [0.15, 0.2) is 0 Å². The second kappa shape index (κ2) is 6.23. The van der Waals surface area contributed by atoms with Crippen molar-refractivity contribution in [3.63, 3.8) is 0 Å². The van der Waals surface area contributed by atoms with Crippen molar-refractivity contribution in [3.8, 4) is 0 Å². The first-order valence-corrected chi connectivity index (χ1v) is 11.2. The maximum Gasteiger partial charge on any atom is 0.0650 e. The summed E-state index contributed by atoms with van der Waals surface area (Å²) in [6.45, 7) is 8.90. The second-order valence-electron chi connectivity index (χ2n) is 10.8. The Morgan fingerprint density at radius 1 is 1.00 bits per heavy atom. The van der Waals surface area contributed by atoms with Gasteiger partial charge in [-0.15, -0.1) is 0 Å². The van der Waals surface area contributed by atoms with Crippen molar-refractivity contribution >= 4 is 0 Å². The van der Waals surface area contributed by atoms with Gasteiger partial charge >= 0.3 is 0 Å². The summed E-state index contributed by atoms with van der Waals surface area (Å²) in [5.41, 5.74) is -0.0524. The van der Waals surface area contributed by atoms with Crippen molar-refractivity contribution in [2.45, 2.75) is 97.2 Å². The van der Waals surface area contributed by atoms with Crippen LogP contribution in [-0.4, -0.2) is 21.9 Å². The molecule has 25 heavy (non-hydrogen) atoms. The van der Waals surface area contributed by atoms with Crippen LogP contribution < -0.4 is 0 Å². The first kappa shape index (κ1) is 18.3. The number of aliphatic hydroxyl groups is 2. The third-order valence-electron chi connectivity index (χ3n) is 9.78. The predicted molar refractivity (Wildman–Crippen MR) is 102 cm³/mol. The van der Waals surface area contributed by atoms with Crippen LogP contribution in [-0.2, 0) is 0 Å². The zero-order chi connectivity index (χ0) is 18.0. The Kier molecular flexibility index (Phi) is 4.56. The molecule has 0 aliphatic heterocycles. The van der Waals surface area contributed by atoms with Crippen LogP contribution in [0.2, 0.25) is 0 Å². The average molecular weight is 349 g/mol. The van der Waals surface area contributed by atoms with Gasteiger partial charge in [0.2, 0.25) is 0 Å². The van der Waals surface area contributed by atoms with E-state index in [0.717, 1.165) is 42.4 Å². The minimum atomic E-state index is -0.434. The molecule has 0 amide bonds. The van der Waals surface area contributed by atoms with Gasteiger partial charge in [-0.05, 0) is 112 Å². The highest BCUT2D eigenvalue weighted by Crippen LogP contribution is 2.65. The van der Waals surface area contributed by atoms with Crippen molar-refractivity contribution in [1.82, 2.24) is 0 Å². The van der Waals surface area contributed by atoms with Gasteiger partial charge in [-0.2, -0.15) is 0 Å². The molecule has 10 atom stereocenters. The summed E-state index contributed by atoms with van der Waals surface area (Å²) in [6.07, 6.45) is 11.3. The molecule has 0 aromatic heterocycles. The van der Waals surface area contributed by atoms with Crippen molar-refractivity contribution < 1.29 is 10.2 Å². The largest absolute Gasteiger partial charge is 0.393 e. The Labute approximate surface area is 154 Å². The van der Waals surface area contributed by atoms with Crippen molar-refractivity contribution in [2.75, 3.05) is 0 Å². The van der Waals surface area contributed by atoms with Crippen LogP contribution in [0.5, 0.6) is 0 Å². The minimum Gasteiger partial charge on any atom is -0.393 e. The smallest absolute Gasteiger partial charge is 0.0650 e. The van der Waals surface area contributed by atoms with Gasteiger partial charge < -0.3 is 10.2 Å². The van der Waals surface area contributed by atoms with E-state index in [4.69, 9.17) is 0 Å². The standard InChI is InChI=1S/C23H40O2/c1-5-16-12-19-15(13-23(16,4)25)6-7-18-17(19)10-11-22(3)20(14(2)24)8-9-21(18)22/h14-21,24-25H,5-13H2,1-4H3/t14-,15+,16-,17-,18+,19-,20+,21-,22+,23-/m0/s1. The average Bonchev–Trinajstić information content (AvgIpc) is 2.90. The molecule has 4 rings (SSSR count). The molecule has 4 aliphatic rings. The molecular weight excluding hydrogens is 308 g/mol. The molecule has 2 nitrogen and oxygen atoms in total. The number of hydrogen-bond acceptors (Lipinski definition) is 2. The van der Waals surface area contributed by atoms with Crippen molar-refractivity contribution in [3.05, 3.63) is 0 Å². The molecule has 0 unspecified atom stereocenters. The fourth-order valence-corrected chi connectivity index (χ4v) is 8.57. The maximum atomic E-state index is 10.9. The van der Waals surface area contributed by atoms with E-state index in [2.05, 4.69) is 20.8 Å². The van der Waals surface area contributed by atoms with Crippen LogP contribution in [0.1, 0.15) is 85.5 Å². The SMILES string of the molecule is CC[C@H]1C[C@H]2[C@H](CC[C@@H]3[C@@H]2CC[C@]2(C)[C@@H]([C@H](C)O)CC[C@@H]32)C[C@]1(C)O. The molecule has 2 heteroatoms. The van der Waals surface area contributed by atoms with Crippen molar-refractivity contribution in [2.24, 2.45) is 46.8 Å². The molecule has 0 heterocycles. The van der Waals surface area contributed by atoms with Gasteiger partial charge in [0.1, 0.15) is 0 Å². The summed E-state index contributed by atoms with van der Waals surface area (Å²) in [7, 11) is 0. The third-order valence-corrected chi connectivity index (χ3v) is 9.78. The van der Waals surface area contributed by atoms with E-state index in [0.29, 0.717) is 17.3 Å². The highest BCUT2D eigenvalue weighted by atomic mass is 16.3. The Morgan fingerprint density at radius 2 is 1.76 bits per heavy atom. The van der Waals surface area contributed by atoms with Crippen LogP contribution in [0.25, 0.3) is 0 Å². The van der Waals surface area contributed by atoms with Gasteiger partial charge in [0.25, 0.3) is 0 Å². The number of hydrogen-bond donors (Lipinski definition) is 2. The fraction of sp³-hybridized carbons (Fsp3) is 1.00. The highest BCUT2D eigenvalue weighted by Gasteiger charge is 2.58. The topological polar surface area (TPSA) is 40.5 Å². The summed E-state index contributed by atoms with van der Waals surface area (Å²) < 4.78 is 0. The molecule has 4 saturated carbocycles. The lowest BCUT2D eigenvalue weighted by Crippen LogP contribution is -2.53. The Bertz CT molecular complexity index is 498. The summed E-state index contributed by atoms with van der Waals surface area (Å²) in [5, 5.41) is 21.3. The monoisotopic (exact) mass is 348 g/mol. The third kappa shape index (κ3) is 2.73. The van der Waals surface area contributed by atoms with Gasteiger partial charge in [-0.25, -0.2) is 0 Å². The van der Waals surface area contributed by atoms with Crippen LogP contribution in [0, 0.1) is 46.8 Å². The van der Waals surface area contributed by atoms with E-state index < -0.39 is 5.60 Å². The summed E-state index contributed by atoms with van der Waals surface area (Å²) in [4.78, 5) is 0. The van der Waals surface area contributed by atoms with Gasteiger partial charge in [-0.3, -0.25) is 0 Å². The first-order valence-electron chi connectivity index (χ1n) is 11.2. The Hall–Kier alpha value is -0.0800. The van der Waals surface area contributed by atoms with E-state index in [-0.39, 0.29) is 6.10 Å². The number of aliphatic hydroxyl groups excluding tert-OH is 1. The number of rotatable bonds is 2. The summed E-state index contributed by atoms with van der Waals surface area (Å²) in [5.74, 6) is 5.27. The summed E-state index contributed by atoms with van der Waals surface area (Å²) in [6, 6.07) is 0. The predicted octanol–water partition coefficient (Wildman–Crippen LogP) is 5.02. The normalized spacial score (nSPS) is 56.6. The van der Waals surface area contributed by atoms with E-state index in [1.807, 2.05) is 6.92 Å². The molecule has 0 saturated heterocycles. The lowest BCUT2D eigenvalue weighted by Gasteiger charge is -2.58. The minimum absolute atomic E-state index is 0.142. The lowest BCUT2D eigenvalue weighted by atomic mass is 9.47. The molecule has 0 aromatic carbocycles. The zero-order valence-corrected chi connectivity index (χ0v) is 16.9. The second-order valence-corrected chi connectivity index (χ2v) is 10.8. The molecule has 0 bridgehead atoms. The molecular formula is C23H40O2. The molecule has 0 spiro atoms. The van der Waals surface area contributed by atoms with E-state index >= 15 is 0 Å². The molecule has 4 fully saturated rings. The van der Waals surface area contributed by atoms with Crippen LogP contribution >= 0.6 is 0 Å². The van der Waals surface area contributed by atoms with Crippen LogP contribution in [0.4, 0.5) is 0 Å². The Morgan fingerprint density at radius 3 is 2.44 bits per heavy atom. The van der Waals surface area contributed by atoms with E-state index in [9.17, 15) is 10.2 Å². The summed E-state index contributed by atoms with van der Waals surface area (Å²) >= 11 is 0. The lowest BCUT2D eigenvalue weighted by molar-refractivity contribution is -0.131. The molecule has 0 aromatic rings. The van der Waals surface area contributed by atoms with Crippen molar-refractivity contribution in [1.29, 1.82) is 0 Å². The van der Waals surface area contributed by atoms with Gasteiger partial charge in [0, 0.05) is 0 Å². The first-order chi connectivity index (χ1) is 11.8. The highest BCUT2D eigenvalue weighted by molar-refractivity contribution is 5.08. The van der Waals surface area contributed by atoms with Gasteiger partial charge in [0.15, 0.2) is 0 Å². The van der Waals surface area contributed by atoms with Gasteiger partial charge in [0.05, 0.1) is 11.7 Å². The number of fused-ring (bicyclic) bond motifs is 5. The van der Waals surface area contributed by atoms with E-state index in [1.54, 1.807) is 0 Å². The fourth-order valence-electron chi connectivity index (χ4n) is 8.57.